The summed E-state index contributed by atoms with van der Waals surface area (Å²) in [6.07, 6.45) is 6.51. The van der Waals surface area contributed by atoms with E-state index in [2.05, 4.69) is 35.2 Å². The second-order valence-electron chi connectivity index (χ2n) is 5.45. The number of rotatable bonds is 4. The lowest BCUT2D eigenvalue weighted by molar-refractivity contribution is 0.0676. The van der Waals surface area contributed by atoms with Crippen LogP contribution in [0.25, 0.3) is 0 Å². The highest BCUT2D eigenvalue weighted by molar-refractivity contribution is 5.08. The minimum absolute atomic E-state index is 0.310. The van der Waals surface area contributed by atoms with Crippen molar-refractivity contribution in [1.29, 1.82) is 0 Å². The van der Waals surface area contributed by atoms with Crippen LogP contribution in [0.4, 0.5) is 0 Å². The van der Waals surface area contributed by atoms with E-state index in [1.807, 2.05) is 12.5 Å². The highest BCUT2D eigenvalue weighted by Crippen LogP contribution is 2.30. The molecular formula is C14H26N4. The van der Waals surface area contributed by atoms with Gasteiger partial charge >= 0.3 is 0 Å². The van der Waals surface area contributed by atoms with Crippen LogP contribution in [0.2, 0.25) is 0 Å². The second kappa shape index (κ2) is 5.85. The molecule has 2 heterocycles. The predicted molar refractivity (Wildman–Crippen MR) is 74.3 cm³/mol. The number of nitrogens with zero attached hydrogens (tertiary/aromatic N) is 3. The van der Waals surface area contributed by atoms with E-state index in [0.717, 1.165) is 19.0 Å². The third-order valence-corrected chi connectivity index (χ3v) is 4.47. The minimum Gasteiger partial charge on any atom is -0.333 e. The van der Waals surface area contributed by atoms with E-state index in [1.165, 1.54) is 18.5 Å². The Labute approximate surface area is 110 Å². The molecule has 102 valence electrons. The van der Waals surface area contributed by atoms with Crippen molar-refractivity contribution in [3.05, 3.63) is 18.2 Å². The number of aryl methyl sites for hydroxylation is 1. The molecule has 0 aliphatic carbocycles. The first-order valence-electron chi connectivity index (χ1n) is 7.14. The molecule has 3 unspecified atom stereocenters. The Hall–Kier alpha value is -0.870. The zero-order chi connectivity index (χ0) is 13.1. The monoisotopic (exact) mass is 250 g/mol. The quantitative estimate of drug-likeness (QED) is 0.889. The van der Waals surface area contributed by atoms with Gasteiger partial charge in [0.25, 0.3) is 0 Å². The van der Waals surface area contributed by atoms with E-state index in [0.29, 0.717) is 18.6 Å². The van der Waals surface area contributed by atoms with Gasteiger partial charge in [-0.05, 0) is 39.2 Å². The summed E-state index contributed by atoms with van der Waals surface area (Å²) in [7, 11) is 0. The second-order valence-corrected chi connectivity index (χ2v) is 5.45. The van der Waals surface area contributed by atoms with Crippen molar-refractivity contribution in [3.8, 4) is 0 Å². The molecule has 1 fully saturated rings. The average Bonchev–Trinajstić information content (AvgIpc) is 2.83. The van der Waals surface area contributed by atoms with Crippen LogP contribution >= 0.6 is 0 Å². The number of aromatic nitrogens is 2. The molecule has 1 aromatic heterocycles. The Morgan fingerprint density at radius 2 is 2.28 bits per heavy atom. The fraction of sp³-hybridized carbons (Fsp3) is 0.786. The van der Waals surface area contributed by atoms with Crippen LogP contribution in [-0.2, 0) is 6.54 Å². The predicted octanol–water partition coefficient (Wildman–Crippen LogP) is 2.02. The molecule has 2 rings (SSSR count). The third-order valence-electron chi connectivity index (χ3n) is 4.47. The van der Waals surface area contributed by atoms with Gasteiger partial charge in [-0.3, -0.25) is 4.90 Å². The number of hydrogen-bond donors (Lipinski definition) is 1. The van der Waals surface area contributed by atoms with Crippen molar-refractivity contribution in [1.82, 2.24) is 14.5 Å². The van der Waals surface area contributed by atoms with E-state index in [9.17, 15) is 0 Å². The molecule has 2 N–H and O–H groups in total. The lowest BCUT2D eigenvalue weighted by atomic mass is 9.90. The molecule has 1 aliphatic heterocycles. The molecule has 3 atom stereocenters. The highest BCUT2D eigenvalue weighted by Gasteiger charge is 2.31. The van der Waals surface area contributed by atoms with Crippen LogP contribution in [0.5, 0.6) is 0 Å². The molecule has 0 amide bonds. The normalized spacial score (nSPS) is 27.3. The van der Waals surface area contributed by atoms with Crippen molar-refractivity contribution >= 4 is 0 Å². The molecule has 0 bridgehead atoms. The summed E-state index contributed by atoms with van der Waals surface area (Å²) in [5.41, 5.74) is 7.31. The van der Waals surface area contributed by atoms with Crippen LogP contribution in [0, 0.1) is 5.92 Å². The molecule has 1 aliphatic rings. The maximum atomic E-state index is 6.04. The number of hydrogen-bond acceptors (Lipinski definition) is 3. The maximum absolute atomic E-state index is 6.04. The van der Waals surface area contributed by atoms with Gasteiger partial charge in [0.15, 0.2) is 0 Å². The number of piperidine rings is 1. The number of imidazole rings is 1. The lowest BCUT2D eigenvalue weighted by Gasteiger charge is -2.42. The largest absolute Gasteiger partial charge is 0.333 e. The van der Waals surface area contributed by atoms with Crippen LogP contribution < -0.4 is 5.73 Å². The molecule has 0 radical (unpaired) electrons. The van der Waals surface area contributed by atoms with E-state index in [-0.39, 0.29) is 0 Å². The van der Waals surface area contributed by atoms with Gasteiger partial charge in [0.2, 0.25) is 0 Å². The van der Waals surface area contributed by atoms with Crippen LogP contribution in [-0.4, -0.2) is 33.6 Å². The highest BCUT2D eigenvalue weighted by atomic mass is 15.2. The van der Waals surface area contributed by atoms with Gasteiger partial charge in [-0.15, -0.1) is 0 Å². The Kier molecular flexibility index (Phi) is 4.40. The summed E-state index contributed by atoms with van der Waals surface area (Å²) in [4.78, 5) is 6.85. The Morgan fingerprint density at radius 1 is 1.50 bits per heavy atom. The van der Waals surface area contributed by atoms with Crippen LogP contribution in [0.3, 0.4) is 0 Å². The topological polar surface area (TPSA) is 47.1 Å². The molecular weight excluding hydrogens is 224 g/mol. The Bertz CT molecular complexity index is 374. The first-order valence-corrected chi connectivity index (χ1v) is 7.14. The van der Waals surface area contributed by atoms with Gasteiger partial charge < -0.3 is 10.3 Å². The maximum Gasteiger partial charge on any atom is 0.0948 e. The molecule has 18 heavy (non-hydrogen) atoms. The fourth-order valence-electron chi connectivity index (χ4n) is 3.11. The van der Waals surface area contributed by atoms with Crippen LogP contribution in [0.1, 0.15) is 45.3 Å². The molecule has 1 saturated heterocycles. The molecule has 0 spiro atoms. The van der Waals surface area contributed by atoms with E-state index in [4.69, 9.17) is 5.73 Å². The SMILES string of the molecule is CCn1cncc1C(CN)N1CCCC(C)C1C. The van der Waals surface area contributed by atoms with Crippen molar-refractivity contribution in [2.75, 3.05) is 13.1 Å². The summed E-state index contributed by atoms with van der Waals surface area (Å²) in [6.45, 7) is 9.62. The van der Waals surface area contributed by atoms with Crippen molar-refractivity contribution in [2.24, 2.45) is 11.7 Å². The Balaban J connectivity index is 2.22. The van der Waals surface area contributed by atoms with Gasteiger partial charge in [0.05, 0.1) is 18.1 Å². The van der Waals surface area contributed by atoms with Crippen molar-refractivity contribution < 1.29 is 0 Å². The average molecular weight is 250 g/mol. The van der Waals surface area contributed by atoms with Gasteiger partial charge in [0, 0.05) is 25.3 Å². The number of likely N-dealkylation sites (tertiary alicyclic amines) is 1. The molecule has 4 nitrogen and oxygen atoms in total. The van der Waals surface area contributed by atoms with Crippen molar-refractivity contribution in [2.45, 2.75) is 52.2 Å². The molecule has 0 aromatic carbocycles. The first-order chi connectivity index (χ1) is 8.69. The summed E-state index contributed by atoms with van der Waals surface area (Å²) >= 11 is 0. The van der Waals surface area contributed by atoms with Gasteiger partial charge in [-0.1, -0.05) is 6.92 Å². The molecule has 4 heteroatoms. The standard InChI is InChI=1S/C14H26N4/c1-4-17-10-16-9-14(17)13(8-15)18-7-5-6-11(2)12(18)3/h9-13H,4-8,15H2,1-3H3. The van der Waals surface area contributed by atoms with Crippen molar-refractivity contribution in [3.63, 3.8) is 0 Å². The zero-order valence-corrected chi connectivity index (χ0v) is 11.8. The molecule has 1 aromatic rings. The zero-order valence-electron chi connectivity index (χ0n) is 11.8. The third kappa shape index (κ3) is 2.45. The van der Waals surface area contributed by atoms with E-state index in [1.54, 1.807) is 0 Å². The first kappa shape index (κ1) is 13.6. The van der Waals surface area contributed by atoms with E-state index >= 15 is 0 Å². The van der Waals surface area contributed by atoms with Gasteiger partial charge in [-0.25, -0.2) is 4.98 Å². The fourth-order valence-corrected chi connectivity index (χ4v) is 3.11. The van der Waals surface area contributed by atoms with E-state index < -0.39 is 0 Å². The molecule has 0 saturated carbocycles. The lowest BCUT2D eigenvalue weighted by Crippen LogP contribution is -2.47. The number of nitrogens with two attached hydrogens (primary N) is 1. The van der Waals surface area contributed by atoms with Gasteiger partial charge in [0.1, 0.15) is 0 Å². The summed E-state index contributed by atoms with van der Waals surface area (Å²) in [5, 5.41) is 0. The van der Waals surface area contributed by atoms with Gasteiger partial charge in [-0.2, -0.15) is 0 Å². The smallest absolute Gasteiger partial charge is 0.0948 e. The summed E-state index contributed by atoms with van der Waals surface area (Å²) in [6, 6.07) is 0.915. The Morgan fingerprint density at radius 3 is 2.94 bits per heavy atom. The van der Waals surface area contributed by atoms with Crippen LogP contribution in [0.15, 0.2) is 12.5 Å². The minimum atomic E-state index is 0.310. The summed E-state index contributed by atoms with van der Waals surface area (Å²) < 4.78 is 2.21. The summed E-state index contributed by atoms with van der Waals surface area (Å²) in [5.74, 6) is 0.755.